The number of anilines is 2. The molecule has 1 aromatic heterocycles. The van der Waals surface area contributed by atoms with E-state index in [-0.39, 0.29) is 0 Å². The lowest BCUT2D eigenvalue weighted by molar-refractivity contribution is 0.122. The van der Waals surface area contributed by atoms with E-state index in [0.29, 0.717) is 0 Å². The summed E-state index contributed by atoms with van der Waals surface area (Å²) in [6.07, 6.45) is 6.78. The summed E-state index contributed by atoms with van der Waals surface area (Å²) in [7, 11) is 0. The fraction of sp³-hybridized carbons (Fsp3) is 0.579. The summed E-state index contributed by atoms with van der Waals surface area (Å²) in [6, 6.07) is 8.30. The van der Waals surface area contributed by atoms with Gasteiger partial charge in [-0.3, -0.25) is 0 Å². The van der Waals surface area contributed by atoms with Gasteiger partial charge >= 0.3 is 0 Å². The third kappa shape index (κ3) is 3.46. The SMILES string of the molecule is c1ccc2c(N3CCOCC3)nc(NCC3CCCCC3)nc2c1. The van der Waals surface area contributed by atoms with Crippen LogP contribution in [0.1, 0.15) is 32.1 Å². The molecule has 0 bridgehead atoms. The Morgan fingerprint density at radius 1 is 1.04 bits per heavy atom. The zero-order valence-electron chi connectivity index (χ0n) is 14.2. The summed E-state index contributed by atoms with van der Waals surface area (Å²) in [4.78, 5) is 11.9. The zero-order chi connectivity index (χ0) is 16.2. The van der Waals surface area contributed by atoms with E-state index < -0.39 is 0 Å². The molecule has 0 amide bonds. The average Bonchev–Trinajstić information content (AvgIpc) is 2.67. The molecule has 1 N–H and O–H groups in total. The van der Waals surface area contributed by atoms with Crippen LogP contribution in [0.5, 0.6) is 0 Å². The summed E-state index contributed by atoms with van der Waals surface area (Å²) in [5.41, 5.74) is 1.01. The highest BCUT2D eigenvalue weighted by atomic mass is 16.5. The second-order valence-corrected chi connectivity index (χ2v) is 6.87. The first-order valence-electron chi connectivity index (χ1n) is 9.23. The average molecular weight is 326 g/mol. The van der Waals surface area contributed by atoms with Gasteiger partial charge < -0.3 is 15.0 Å². The maximum Gasteiger partial charge on any atom is 0.225 e. The van der Waals surface area contributed by atoms with E-state index in [4.69, 9.17) is 14.7 Å². The lowest BCUT2D eigenvalue weighted by Crippen LogP contribution is -2.37. The van der Waals surface area contributed by atoms with Crippen LogP contribution in [0.25, 0.3) is 10.9 Å². The molecular formula is C19H26N4O. The largest absolute Gasteiger partial charge is 0.378 e. The molecular weight excluding hydrogens is 300 g/mol. The second kappa shape index (κ2) is 7.34. The normalized spacial score (nSPS) is 19.6. The van der Waals surface area contributed by atoms with Gasteiger partial charge in [0.05, 0.1) is 18.7 Å². The molecule has 1 saturated heterocycles. The van der Waals surface area contributed by atoms with Crippen LogP contribution < -0.4 is 10.2 Å². The molecule has 0 spiro atoms. The molecule has 0 radical (unpaired) electrons. The molecule has 1 saturated carbocycles. The fourth-order valence-corrected chi connectivity index (χ4v) is 3.78. The number of hydrogen-bond donors (Lipinski definition) is 1. The van der Waals surface area contributed by atoms with E-state index in [1.807, 2.05) is 6.07 Å². The van der Waals surface area contributed by atoms with E-state index in [9.17, 15) is 0 Å². The molecule has 2 heterocycles. The third-order valence-electron chi connectivity index (χ3n) is 5.17. The van der Waals surface area contributed by atoms with Gasteiger partial charge in [-0.05, 0) is 30.9 Å². The number of benzene rings is 1. The number of nitrogens with one attached hydrogen (secondary N) is 1. The Bertz CT molecular complexity index is 678. The second-order valence-electron chi connectivity index (χ2n) is 6.87. The van der Waals surface area contributed by atoms with E-state index in [1.165, 1.54) is 32.1 Å². The van der Waals surface area contributed by atoms with Crippen LogP contribution in [0.4, 0.5) is 11.8 Å². The van der Waals surface area contributed by atoms with Gasteiger partial charge in [0, 0.05) is 25.0 Å². The predicted octanol–water partition coefficient (Wildman–Crippen LogP) is 3.46. The van der Waals surface area contributed by atoms with Gasteiger partial charge in [-0.2, -0.15) is 4.98 Å². The van der Waals surface area contributed by atoms with E-state index in [2.05, 4.69) is 28.4 Å². The fourth-order valence-electron chi connectivity index (χ4n) is 3.78. The molecule has 2 aliphatic rings. The first-order chi connectivity index (χ1) is 11.9. The Morgan fingerprint density at radius 2 is 1.83 bits per heavy atom. The molecule has 4 rings (SSSR count). The molecule has 1 aromatic carbocycles. The van der Waals surface area contributed by atoms with Crippen LogP contribution in [0.3, 0.4) is 0 Å². The minimum absolute atomic E-state index is 0.764. The van der Waals surface area contributed by atoms with Crippen molar-refractivity contribution >= 4 is 22.7 Å². The third-order valence-corrected chi connectivity index (χ3v) is 5.17. The highest BCUT2D eigenvalue weighted by molar-refractivity contribution is 5.90. The maximum absolute atomic E-state index is 5.49. The van der Waals surface area contributed by atoms with Crippen molar-refractivity contribution in [2.45, 2.75) is 32.1 Å². The molecule has 128 valence electrons. The van der Waals surface area contributed by atoms with E-state index in [1.54, 1.807) is 0 Å². The topological polar surface area (TPSA) is 50.3 Å². The van der Waals surface area contributed by atoms with Gasteiger partial charge in [0.1, 0.15) is 5.82 Å². The van der Waals surface area contributed by atoms with E-state index >= 15 is 0 Å². The van der Waals surface area contributed by atoms with Gasteiger partial charge in [-0.15, -0.1) is 0 Å². The summed E-state index contributed by atoms with van der Waals surface area (Å²) in [5, 5.41) is 4.63. The summed E-state index contributed by atoms with van der Waals surface area (Å²) < 4.78 is 5.49. The van der Waals surface area contributed by atoms with Crippen LogP contribution in [0, 0.1) is 5.92 Å². The first kappa shape index (κ1) is 15.6. The highest BCUT2D eigenvalue weighted by Crippen LogP contribution is 2.27. The number of nitrogens with zero attached hydrogens (tertiary/aromatic N) is 3. The van der Waals surface area contributed by atoms with Crippen molar-refractivity contribution < 1.29 is 4.74 Å². The standard InChI is InChI=1S/C19H26N4O/c1-2-6-15(7-3-1)14-20-19-21-17-9-5-4-8-16(17)18(22-19)23-10-12-24-13-11-23/h4-5,8-9,15H,1-3,6-7,10-14H2,(H,20,21,22). The minimum Gasteiger partial charge on any atom is -0.378 e. The zero-order valence-corrected chi connectivity index (χ0v) is 14.2. The van der Waals surface area contributed by atoms with Crippen molar-refractivity contribution in [3.8, 4) is 0 Å². The Labute approximate surface area is 143 Å². The molecule has 24 heavy (non-hydrogen) atoms. The number of morpholine rings is 1. The Morgan fingerprint density at radius 3 is 2.67 bits per heavy atom. The lowest BCUT2D eigenvalue weighted by Gasteiger charge is -2.29. The number of hydrogen-bond acceptors (Lipinski definition) is 5. The maximum atomic E-state index is 5.49. The van der Waals surface area contributed by atoms with Crippen LogP contribution in [0.15, 0.2) is 24.3 Å². The smallest absolute Gasteiger partial charge is 0.225 e. The van der Waals surface area contributed by atoms with E-state index in [0.717, 1.165) is 61.4 Å². The van der Waals surface area contributed by atoms with Gasteiger partial charge in [0.2, 0.25) is 5.95 Å². The van der Waals surface area contributed by atoms with Crippen molar-refractivity contribution in [3.05, 3.63) is 24.3 Å². The van der Waals surface area contributed by atoms with Crippen LogP contribution in [-0.4, -0.2) is 42.8 Å². The Balaban J connectivity index is 1.58. The van der Waals surface area contributed by atoms with Gasteiger partial charge in [0.25, 0.3) is 0 Å². The van der Waals surface area contributed by atoms with Crippen LogP contribution in [-0.2, 0) is 4.74 Å². The molecule has 1 aliphatic heterocycles. The highest BCUT2D eigenvalue weighted by Gasteiger charge is 2.18. The van der Waals surface area contributed by atoms with Crippen LogP contribution >= 0.6 is 0 Å². The van der Waals surface area contributed by atoms with Gasteiger partial charge in [-0.25, -0.2) is 4.98 Å². The molecule has 1 aliphatic carbocycles. The van der Waals surface area contributed by atoms with Crippen molar-refractivity contribution in [3.63, 3.8) is 0 Å². The summed E-state index contributed by atoms with van der Waals surface area (Å²) >= 11 is 0. The predicted molar refractivity (Wildman–Crippen MR) is 97.6 cm³/mol. The minimum atomic E-state index is 0.764. The van der Waals surface area contributed by atoms with Gasteiger partial charge in [0.15, 0.2) is 0 Å². The van der Waals surface area contributed by atoms with Crippen molar-refractivity contribution in [1.82, 2.24) is 9.97 Å². The molecule has 5 heteroatoms. The first-order valence-corrected chi connectivity index (χ1v) is 9.23. The number of rotatable bonds is 4. The number of para-hydroxylation sites is 1. The Kier molecular flexibility index (Phi) is 4.78. The molecule has 5 nitrogen and oxygen atoms in total. The quantitative estimate of drug-likeness (QED) is 0.932. The Hall–Kier alpha value is -1.88. The van der Waals surface area contributed by atoms with Gasteiger partial charge in [-0.1, -0.05) is 31.4 Å². The lowest BCUT2D eigenvalue weighted by atomic mass is 9.89. The molecule has 0 atom stereocenters. The van der Waals surface area contributed by atoms with Crippen molar-refractivity contribution in [1.29, 1.82) is 0 Å². The summed E-state index contributed by atoms with van der Waals surface area (Å²) in [5.74, 6) is 2.57. The number of ether oxygens (including phenoxy) is 1. The number of aromatic nitrogens is 2. The monoisotopic (exact) mass is 326 g/mol. The molecule has 0 unspecified atom stereocenters. The number of fused-ring (bicyclic) bond motifs is 1. The molecule has 2 aromatic rings. The van der Waals surface area contributed by atoms with Crippen LogP contribution in [0.2, 0.25) is 0 Å². The summed E-state index contributed by atoms with van der Waals surface area (Å²) in [6.45, 7) is 4.30. The van der Waals surface area contributed by atoms with Crippen molar-refractivity contribution in [2.24, 2.45) is 5.92 Å². The van der Waals surface area contributed by atoms with Crippen molar-refractivity contribution in [2.75, 3.05) is 43.1 Å². The molecule has 2 fully saturated rings.